The Morgan fingerprint density at radius 2 is 1.92 bits per heavy atom. The fraction of sp³-hybridized carbons (Fsp3) is 0.529. The fourth-order valence-electron chi connectivity index (χ4n) is 2.61. The molecule has 0 aliphatic carbocycles. The second kappa shape index (κ2) is 8.84. The summed E-state index contributed by atoms with van der Waals surface area (Å²) in [6.45, 7) is 4.89. The van der Waals surface area contributed by atoms with Crippen molar-refractivity contribution in [3.05, 3.63) is 29.8 Å². The van der Waals surface area contributed by atoms with Gasteiger partial charge in [-0.2, -0.15) is 0 Å². The number of amides is 1. The number of carbonyl (C=O) groups is 1. The molecule has 1 aliphatic heterocycles. The van der Waals surface area contributed by atoms with E-state index in [2.05, 4.69) is 10.2 Å². The molecule has 1 heterocycles. The number of ether oxygens (including phenoxy) is 1. The Morgan fingerprint density at radius 3 is 2.46 bits per heavy atom. The molecule has 0 bridgehead atoms. The van der Waals surface area contributed by atoms with Crippen LogP contribution in [0.25, 0.3) is 0 Å². The highest BCUT2D eigenvalue weighted by Gasteiger charge is 2.23. The van der Waals surface area contributed by atoms with Gasteiger partial charge in [0.25, 0.3) is 5.91 Å². The lowest BCUT2D eigenvalue weighted by Gasteiger charge is -2.33. The van der Waals surface area contributed by atoms with E-state index in [4.69, 9.17) is 17.0 Å². The third-order valence-corrected chi connectivity index (χ3v) is 4.66. The molecule has 2 rings (SSSR count). The minimum Gasteiger partial charge on any atom is -0.497 e. The molecule has 24 heavy (non-hydrogen) atoms. The Morgan fingerprint density at radius 1 is 1.29 bits per heavy atom. The van der Waals surface area contributed by atoms with Crippen LogP contribution in [0.1, 0.15) is 5.56 Å². The second-order valence-electron chi connectivity index (χ2n) is 6.21. The fourth-order valence-corrected chi connectivity index (χ4v) is 2.86. The largest absolute Gasteiger partial charge is 0.497 e. The number of hydrogen-bond donors (Lipinski definition) is 2. The minimum atomic E-state index is 0.179. The van der Waals surface area contributed by atoms with E-state index in [1.54, 1.807) is 26.1 Å². The van der Waals surface area contributed by atoms with Crippen molar-refractivity contribution in [2.24, 2.45) is 0 Å². The average Bonchev–Trinajstić information content (AvgIpc) is 2.60. The van der Waals surface area contributed by atoms with E-state index in [-0.39, 0.29) is 5.91 Å². The monoisotopic (exact) mass is 351 g/mol. The van der Waals surface area contributed by atoms with Crippen molar-refractivity contribution >= 4 is 23.2 Å². The molecule has 1 aromatic rings. The van der Waals surface area contributed by atoms with Crippen LogP contribution in [-0.4, -0.2) is 74.7 Å². The standard InChI is InChI=1S/C17H26N4O2S/c1-19(2)16(22)13-20-8-10-21(11-9-20)17(24)18-12-14-4-6-15(23-3)7-5-14/h4-7H,8-13H2,1-3H3,(H,18,24)/p+1. The number of nitrogens with zero attached hydrogens (tertiary/aromatic N) is 2. The van der Waals surface area contributed by atoms with Crippen LogP contribution in [0.3, 0.4) is 0 Å². The maximum absolute atomic E-state index is 11.8. The second-order valence-corrected chi connectivity index (χ2v) is 6.60. The third kappa shape index (κ3) is 5.35. The molecule has 0 aromatic heterocycles. The molecule has 1 fully saturated rings. The summed E-state index contributed by atoms with van der Waals surface area (Å²) >= 11 is 5.50. The molecule has 2 N–H and O–H groups in total. The van der Waals surface area contributed by atoms with Crippen LogP contribution in [-0.2, 0) is 11.3 Å². The number of carbonyl (C=O) groups excluding carboxylic acids is 1. The molecule has 132 valence electrons. The van der Waals surface area contributed by atoms with Crippen LogP contribution >= 0.6 is 12.2 Å². The first-order chi connectivity index (χ1) is 11.5. The lowest BCUT2D eigenvalue weighted by molar-refractivity contribution is -0.896. The van der Waals surface area contributed by atoms with E-state index in [0.717, 1.165) is 37.0 Å². The highest BCUT2D eigenvalue weighted by atomic mass is 32.1. The number of rotatable bonds is 5. The summed E-state index contributed by atoms with van der Waals surface area (Å²) in [5.74, 6) is 1.03. The van der Waals surface area contributed by atoms with E-state index in [0.29, 0.717) is 13.1 Å². The van der Waals surface area contributed by atoms with Gasteiger partial charge in [0.05, 0.1) is 33.3 Å². The number of benzene rings is 1. The predicted molar refractivity (Wildman–Crippen MR) is 98.3 cm³/mol. The molecule has 7 heteroatoms. The summed E-state index contributed by atoms with van der Waals surface area (Å²) in [6.07, 6.45) is 0. The summed E-state index contributed by atoms with van der Waals surface area (Å²) in [4.78, 5) is 16.9. The van der Waals surface area contributed by atoms with E-state index >= 15 is 0 Å². The Bertz CT molecular complexity index is 554. The number of hydrogen-bond acceptors (Lipinski definition) is 3. The number of piperazine rings is 1. The maximum Gasteiger partial charge on any atom is 0.277 e. The first-order valence-corrected chi connectivity index (χ1v) is 8.60. The zero-order valence-electron chi connectivity index (χ0n) is 14.7. The lowest BCUT2D eigenvalue weighted by atomic mass is 10.2. The number of thiocarbonyl (C=S) groups is 1. The van der Waals surface area contributed by atoms with Gasteiger partial charge in [-0.3, -0.25) is 4.79 Å². The highest BCUT2D eigenvalue weighted by Crippen LogP contribution is 2.11. The lowest BCUT2D eigenvalue weighted by Crippen LogP contribution is -3.15. The van der Waals surface area contributed by atoms with E-state index in [1.807, 2.05) is 24.3 Å². The summed E-state index contributed by atoms with van der Waals surface area (Å²) in [5, 5.41) is 4.09. The topological polar surface area (TPSA) is 49.3 Å². The zero-order valence-corrected chi connectivity index (χ0v) is 15.5. The smallest absolute Gasteiger partial charge is 0.277 e. The Hall–Kier alpha value is -1.86. The van der Waals surface area contributed by atoms with Crippen molar-refractivity contribution in [3.8, 4) is 5.75 Å². The Kier molecular flexibility index (Phi) is 6.81. The molecule has 0 saturated carbocycles. The van der Waals surface area contributed by atoms with Crippen LogP contribution in [0.5, 0.6) is 5.75 Å². The molecular weight excluding hydrogens is 324 g/mol. The summed E-state index contributed by atoms with van der Waals surface area (Å²) < 4.78 is 5.16. The molecule has 1 amide bonds. The predicted octanol–water partition coefficient (Wildman–Crippen LogP) is -0.642. The van der Waals surface area contributed by atoms with Gasteiger partial charge in [0, 0.05) is 20.6 Å². The molecule has 0 atom stereocenters. The normalized spacial score (nSPS) is 15.0. The minimum absolute atomic E-state index is 0.179. The van der Waals surface area contributed by atoms with E-state index < -0.39 is 0 Å². The highest BCUT2D eigenvalue weighted by molar-refractivity contribution is 7.80. The van der Waals surface area contributed by atoms with Gasteiger partial charge in [0.2, 0.25) is 0 Å². The third-order valence-electron chi connectivity index (χ3n) is 4.26. The van der Waals surface area contributed by atoms with Crippen molar-refractivity contribution in [2.75, 3.05) is 53.9 Å². The first-order valence-electron chi connectivity index (χ1n) is 8.19. The van der Waals surface area contributed by atoms with Gasteiger partial charge < -0.3 is 24.8 Å². The maximum atomic E-state index is 11.8. The van der Waals surface area contributed by atoms with Crippen LogP contribution in [0.15, 0.2) is 24.3 Å². The molecule has 1 aromatic carbocycles. The molecule has 1 aliphatic rings. The molecule has 0 unspecified atom stereocenters. The van der Waals surface area contributed by atoms with Crippen LogP contribution < -0.4 is 15.0 Å². The van der Waals surface area contributed by atoms with E-state index in [1.165, 1.54) is 10.5 Å². The number of quaternary nitrogens is 1. The number of nitrogens with one attached hydrogen (secondary N) is 2. The molecular formula is C17H27N4O2S+. The van der Waals surface area contributed by atoms with Crippen molar-refractivity contribution in [2.45, 2.75) is 6.54 Å². The molecule has 0 radical (unpaired) electrons. The van der Waals surface area contributed by atoms with Gasteiger partial charge in [-0.05, 0) is 29.9 Å². The van der Waals surface area contributed by atoms with Crippen molar-refractivity contribution in [3.63, 3.8) is 0 Å². The molecule has 1 saturated heterocycles. The summed E-state index contributed by atoms with van der Waals surface area (Å²) in [7, 11) is 5.27. The quantitative estimate of drug-likeness (QED) is 0.691. The first kappa shape index (κ1) is 18.5. The van der Waals surface area contributed by atoms with Gasteiger partial charge in [0.1, 0.15) is 5.75 Å². The Balaban J connectivity index is 1.73. The van der Waals surface area contributed by atoms with Crippen LogP contribution in [0.2, 0.25) is 0 Å². The molecule has 6 nitrogen and oxygen atoms in total. The molecule has 0 spiro atoms. The SMILES string of the molecule is COc1ccc(CNC(=S)N2CC[NH+](CC(=O)N(C)C)CC2)cc1. The summed E-state index contributed by atoms with van der Waals surface area (Å²) in [5.41, 5.74) is 1.17. The van der Waals surface area contributed by atoms with Crippen molar-refractivity contribution in [1.82, 2.24) is 15.1 Å². The zero-order chi connectivity index (χ0) is 17.5. The van der Waals surface area contributed by atoms with E-state index in [9.17, 15) is 4.79 Å². The average molecular weight is 351 g/mol. The van der Waals surface area contributed by atoms with Gasteiger partial charge in [0.15, 0.2) is 11.7 Å². The van der Waals surface area contributed by atoms with Gasteiger partial charge in [-0.1, -0.05) is 12.1 Å². The van der Waals surface area contributed by atoms with Crippen molar-refractivity contribution in [1.29, 1.82) is 0 Å². The number of methoxy groups -OCH3 is 1. The van der Waals surface area contributed by atoms with Gasteiger partial charge >= 0.3 is 0 Å². The number of likely N-dealkylation sites (N-methyl/N-ethyl adjacent to an activating group) is 1. The van der Waals surface area contributed by atoms with Crippen molar-refractivity contribution < 1.29 is 14.4 Å². The Labute approximate surface area is 149 Å². The van der Waals surface area contributed by atoms with Gasteiger partial charge in [-0.25, -0.2) is 0 Å². The van der Waals surface area contributed by atoms with Crippen LogP contribution in [0, 0.1) is 0 Å². The van der Waals surface area contributed by atoms with Gasteiger partial charge in [-0.15, -0.1) is 0 Å². The van der Waals surface area contributed by atoms with Crippen LogP contribution in [0.4, 0.5) is 0 Å². The summed E-state index contributed by atoms with van der Waals surface area (Å²) in [6, 6.07) is 7.96.